The monoisotopic (exact) mass is 627 g/mol. The minimum atomic E-state index is -0.487. The molecule has 1 rings (SSSR count). The van der Waals surface area contributed by atoms with Gasteiger partial charge in [-0.05, 0) is 18.8 Å². The average molecular weight is 628 g/mol. The number of amides is 2. The second-order valence-corrected chi connectivity index (χ2v) is 9.81. The molecule has 0 aliphatic carbocycles. The summed E-state index contributed by atoms with van der Waals surface area (Å²) in [5, 5.41) is 23.5. The van der Waals surface area contributed by atoms with Gasteiger partial charge in [0.25, 0.3) is 0 Å². The maximum Gasteiger partial charge on any atom is 0.314 e. The standard InChI is InChI=1S/C22H47N3O8.C7H14O3/c1-2-3-4-8-27-12-14-29-10-6-24-22(26)25-7-11-30-15-17-32-19-21-33-20-18-31-16-13-28-9-5-23;1-5-2-3-10-6(4-8)7(5)9/h2-21,23H2,1H3,(H2,24,25,26);5-9H,2-4H2,1H3. The van der Waals surface area contributed by atoms with Crippen molar-refractivity contribution in [3.8, 4) is 0 Å². The zero-order chi connectivity index (χ0) is 31.6. The Morgan fingerprint density at radius 2 is 1.19 bits per heavy atom. The Hall–Kier alpha value is -1.17. The lowest BCUT2D eigenvalue weighted by atomic mass is 9.95. The summed E-state index contributed by atoms with van der Waals surface area (Å²) in [5.74, 6) is 0.255. The molecule has 258 valence electrons. The van der Waals surface area contributed by atoms with E-state index in [4.69, 9.17) is 48.7 Å². The molecule has 6 N–H and O–H groups in total. The molecule has 3 atom stereocenters. The molecular formula is C29H61N3O11. The molecule has 1 saturated heterocycles. The summed E-state index contributed by atoms with van der Waals surface area (Å²) in [6.45, 7) is 13.5. The molecule has 14 heteroatoms. The number of urea groups is 1. The number of hydrogen-bond acceptors (Lipinski definition) is 12. The third kappa shape index (κ3) is 29.3. The van der Waals surface area contributed by atoms with Crippen LogP contribution in [0.25, 0.3) is 0 Å². The van der Waals surface area contributed by atoms with Gasteiger partial charge in [-0.1, -0.05) is 26.7 Å². The molecule has 43 heavy (non-hydrogen) atoms. The number of carbonyl (C=O) groups excluding carboxylic acids is 1. The first-order valence-electron chi connectivity index (χ1n) is 15.7. The SMILES string of the molecule is CC1CCOC(CO)C1O.CCCCCOCCOCCNC(=O)NCCOCCOCCOCCOCCOCCN. The predicted octanol–water partition coefficient (Wildman–Crippen LogP) is 0.315. The molecule has 3 unspecified atom stereocenters. The van der Waals surface area contributed by atoms with Crippen LogP contribution >= 0.6 is 0 Å². The van der Waals surface area contributed by atoms with Crippen LogP contribution < -0.4 is 16.4 Å². The van der Waals surface area contributed by atoms with Gasteiger partial charge in [0.05, 0.1) is 98.6 Å². The highest BCUT2D eigenvalue weighted by Gasteiger charge is 2.28. The van der Waals surface area contributed by atoms with Crippen molar-refractivity contribution in [1.82, 2.24) is 10.6 Å². The number of hydrogen-bond donors (Lipinski definition) is 5. The molecule has 1 aliphatic heterocycles. The Morgan fingerprint density at radius 3 is 1.60 bits per heavy atom. The van der Waals surface area contributed by atoms with Crippen LogP contribution in [0.4, 0.5) is 4.79 Å². The van der Waals surface area contributed by atoms with Gasteiger partial charge in [-0.3, -0.25) is 0 Å². The van der Waals surface area contributed by atoms with Crippen molar-refractivity contribution in [2.75, 3.05) is 125 Å². The number of nitrogens with two attached hydrogens (primary N) is 1. The fourth-order valence-corrected chi connectivity index (χ4v) is 3.58. The summed E-state index contributed by atoms with van der Waals surface area (Å²) in [5.41, 5.74) is 5.31. The van der Waals surface area contributed by atoms with Crippen molar-refractivity contribution in [2.24, 2.45) is 11.7 Å². The maximum atomic E-state index is 11.6. The lowest BCUT2D eigenvalue weighted by Gasteiger charge is -2.31. The third-order valence-corrected chi connectivity index (χ3v) is 6.13. The molecule has 0 radical (unpaired) electrons. The molecule has 1 aliphatic rings. The fraction of sp³-hybridized carbons (Fsp3) is 0.966. The molecule has 0 aromatic carbocycles. The van der Waals surface area contributed by atoms with Crippen LogP contribution in [0.1, 0.15) is 39.5 Å². The summed E-state index contributed by atoms with van der Waals surface area (Å²) < 4.78 is 42.7. The van der Waals surface area contributed by atoms with E-state index in [1.807, 2.05) is 6.92 Å². The van der Waals surface area contributed by atoms with Gasteiger partial charge < -0.3 is 64.5 Å². The summed E-state index contributed by atoms with van der Waals surface area (Å²) in [6.07, 6.45) is 3.52. The number of ether oxygens (including phenoxy) is 8. The van der Waals surface area contributed by atoms with Gasteiger partial charge in [0, 0.05) is 32.8 Å². The molecule has 0 aromatic rings. The molecule has 2 amide bonds. The Kier molecular flexibility index (Phi) is 32.8. The molecule has 0 saturated carbocycles. The second-order valence-electron chi connectivity index (χ2n) is 9.81. The Morgan fingerprint density at radius 1 is 0.744 bits per heavy atom. The van der Waals surface area contributed by atoms with E-state index in [0.717, 1.165) is 19.4 Å². The number of unbranched alkanes of at least 4 members (excludes halogenated alkanes) is 2. The van der Waals surface area contributed by atoms with E-state index in [1.54, 1.807) is 0 Å². The number of rotatable bonds is 28. The summed E-state index contributed by atoms with van der Waals surface area (Å²) in [4.78, 5) is 11.6. The Bertz CT molecular complexity index is 582. The first-order valence-corrected chi connectivity index (χ1v) is 15.7. The first kappa shape index (κ1) is 41.8. The highest BCUT2D eigenvalue weighted by Crippen LogP contribution is 2.19. The maximum absolute atomic E-state index is 11.6. The van der Waals surface area contributed by atoms with Crippen LogP contribution in [0.2, 0.25) is 0 Å². The number of nitrogens with one attached hydrogen (secondary N) is 2. The van der Waals surface area contributed by atoms with Crippen molar-refractivity contribution in [2.45, 2.75) is 51.7 Å². The average Bonchev–Trinajstić information content (AvgIpc) is 3.01. The van der Waals surface area contributed by atoms with E-state index in [0.29, 0.717) is 112 Å². The van der Waals surface area contributed by atoms with E-state index in [2.05, 4.69) is 17.6 Å². The first-order chi connectivity index (χ1) is 21.1. The number of aliphatic hydroxyl groups is 2. The molecule has 14 nitrogen and oxygen atoms in total. The quantitative estimate of drug-likeness (QED) is 0.0751. The fourth-order valence-electron chi connectivity index (χ4n) is 3.58. The lowest BCUT2D eigenvalue weighted by molar-refractivity contribution is -0.118. The summed E-state index contributed by atoms with van der Waals surface area (Å²) >= 11 is 0. The molecule has 1 heterocycles. The minimum Gasteiger partial charge on any atom is -0.394 e. The number of aliphatic hydroxyl groups excluding tert-OH is 2. The Balaban J connectivity index is 0.00000147. The van der Waals surface area contributed by atoms with Gasteiger partial charge in [-0.15, -0.1) is 0 Å². The van der Waals surface area contributed by atoms with Crippen molar-refractivity contribution in [1.29, 1.82) is 0 Å². The zero-order valence-corrected chi connectivity index (χ0v) is 26.6. The van der Waals surface area contributed by atoms with E-state index < -0.39 is 6.10 Å². The second kappa shape index (κ2) is 33.7. The van der Waals surface area contributed by atoms with Crippen LogP contribution in [0, 0.1) is 5.92 Å². The van der Waals surface area contributed by atoms with Gasteiger partial charge in [-0.2, -0.15) is 0 Å². The normalized spacial score (nSPS) is 18.2. The van der Waals surface area contributed by atoms with E-state index >= 15 is 0 Å². The van der Waals surface area contributed by atoms with Gasteiger partial charge in [0.2, 0.25) is 0 Å². The largest absolute Gasteiger partial charge is 0.394 e. The summed E-state index contributed by atoms with van der Waals surface area (Å²) in [6, 6.07) is -0.238. The third-order valence-electron chi connectivity index (χ3n) is 6.13. The molecular weight excluding hydrogens is 566 g/mol. The van der Waals surface area contributed by atoms with Crippen molar-refractivity contribution >= 4 is 6.03 Å². The van der Waals surface area contributed by atoms with Crippen LogP contribution in [0.3, 0.4) is 0 Å². The van der Waals surface area contributed by atoms with E-state index in [9.17, 15) is 9.90 Å². The van der Waals surface area contributed by atoms with Crippen molar-refractivity contribution in [3.63, 3.8) is 0 Å². The summed E-state index contributed by atoms with van der Waals surface area (Å²) in [7, 11) is 0. The molecule has 0 aromatic heterocycles. The van der Waals surface area contributed by atoms with Crippen LogP contribution in [0.5, 0.6) is 0 Å². The minimum absolute atomic E-state index is 0.0779. The molecule has 1 fully saturated rings. The zero-order valence-electron chi connectivity index (χ0n) is 26.6. The smallest absolute Gasteiger partial charge is 0.314 e. The van der Waals surface area contributed by atoms with E-state index in [1.165, 1.54) is 12.8 Å². The van der Waals surface area contributed by atoms with Gasteiger partial charge >= 0.3 is 6.03 Å². The predicted molar refractivity (Wildman–Crippen MR) is 162 cm³/mol. The lowest BCUT2D eigenvalue weighted by Crippen LogP contribution is -2.41. The van der Waals surface area contributed by atoms with Crippen LogP contribution in [0.15, 0.2) is 0 Å². The van der Waals surface area contributed by atoms with Gasteiger partial charge in [0.1, 0.15) is 6.10 Å². The molecule has 0 bridgehead atoms. The highest BCUT2D eigenvalue weighted by molar-refractivity contribution is 5.73. The van der Waals surface area contributed by atoms with Crippen molar-refractivity contribution in [3.05, 3.63) is 0 Å². The van der Waals surface area contributed by atoms with Crippen LogP contribution in [-0.2, 0) is 37.9 Å². The topological polar surface area (TPSA) is 181 Å². The van der Waals surface area contributed by atoms with Crippen molar-refractivity contribution < 1.29 is 52.9 Å². The highest BCUT2D eigenvalue weighted by atomic mass is 16.6. The Labute approximate surface area is 258 Å². The molecule has 0 spiro atoms. The van der Waals surface area contributed by atoms with E-state index in [-0.39, 0.29) is 24.7 Å². The van der Waals surface area contributed by atoms with Gasteiger partial charge in [-0.25, -0.2) is 4.79 Å². The van der Waals surface area contributed by atoms with Gasteiger partial charge in [0.15, 0.2) is 0 Å². The van der Waals surface area contributed by atoms with Crippen LogP contribution in [-0.4, -0.2) is 154 Å². The number of carbonyl (C=O) groups is 1.